The van der Waals surface area contributed by atoms with Crippen molar-refractivity contribution in [2.75, 3.05) is 31.6 Å². The van der Waals surface area contributed by atoms with Crippen molar-refractivity contribution in [1.29, 1.82) is 0 Å². The second kappa shape index (κ2) is 10.2. The molecule has 0 bridgehead atoms. The number of esters is 1. The van der Waals surface area contributed by atoms with E-state index in [0.29, 0.717) is 27.7 Å². The number of carbonyl (C=O) groups is 3. The largest absolute Gasteiger partial charge is 0.486 e. The van der Waals surface area contributed by atoms with Crippen LogP contribution in [-0.4, -0.2) is 58.8 Å². The molecule has 0 spiro atoms. The molecule has 2 heterocycles. The molecule has 0 aromatic heterocycles. The number of piperazine rings is 1. The molecule has 1 fully saturated rings. The summed E-state index contributed by atoms with van der Waals surface area (Å²) >= 11 is 13.2. The Morgan fingerprint density at radius 2 is 1.86 bits per heavy atom. The van der Waals surface area contributed by atoms with Gasteiger partial charge in [-0.25, -0.2) is 0 Å². The highest BCUT2D eigenvalue weighted by atomic mass is 35.5. The first kappa shape index (κ1) is 24.9. The number of anilines is 1. The Bertz CT molecular complexity index is 1180. The molecule has 2 aromatic carbocycles. The summed E-state index contributed by atoms with van der Waals surface area (Å²) in [6, 6.07) is 14.8. The number of nitrogens with one attached hydrogen (secondary N) is 1. The van der Waals surface area contributed by atoms with Crippen molar-refractivity contribution < 1.29 is 23.9 Å². The van der Waals surface area contributed by atoms with Crippen LogP contribution in [0.25, 0.3) is 5.76 Å². The fraction of sp³-hybridized carbons (Fsp3) is 0.320. The molecule has 10 heteroatoms. The Labute approximate surface area is 213 Å². The first-order valence-electron chi connectivity index (χ1n) is 11.1. The molecular formula is C25H25Cl2N3O5. The normalized spacial score (nSPS) is 19.9. The fourth-order valence-corrected chi connectivity index (χ4v) is 4.55. The topological polar surface area (TPSA) is 88.2 Å². The van der Waals surface area contributed by atoms with Gasteiger partial charge >= 0.3 is 5.97 Å². The van der Waals surface area contributed by atoms with Gasteiger partial charge in [0, 0.05) is 16.3 Å². The van der Waals surface area contributed by atoms with E-state index in [-0.39, 0.29) is 32.8 Å². The van der Waals surface area contributed by atoms with E-state index in [0.717, 1.165) is 5.56 Å². The Hall–Kier alpha value is -3.23. The first-order chi connectivity index (χ1) is 16.7. The average molecular weight is 518 g/mol. The van der Waals surface area contributed by atoms with Gasteiger partial charge in [0.05, 0.1) is 6.61 Å². The monoisotopic (exact) mass is 517 g/mol. The van der Waals surface area contributed by atoms with Crippen molar-refractivity contribution in [3.63, 3.8) is 0 Å². The lowest BCUT2D eigenvalue weighted by Crippen LogP contribution is -2.57. The van der Waals surface area contributed by atoms with Gasteiger partial charge in [0.1, 0.15) is 31.9 Å². The third-order valence-electron chi connectivity index (χ3n) is 5.65. The minimum atomic E-state index is -1.27. The number of benzene rings is 2. The van der Waals surface area contributed by atoms with Crippen LogP contribution in [0.5, 0.6) is 0 Å². The van der Waals surface area contributed by atoms with E-state index in [9.17, 15) is 14.4 Å². The van der Waals surface area contributed by atoms with E-state index in [2.05, 4.69) is 5.32 Å². The van der Waals surface area contributed by atoms with Crippen LogP contribution in [0.15, 0.2) is 54.2 Å². The smallest absolute Gasteiger partial charge is 0.325 e. The van der Waals surface area contributed by atoms with Gasteiger partial charge in [-0.1, -0.05) is 53.5 Å². The highest BCUT2D eigenvalue weighted by Gasteiger charge is 2.45. The zero-order valence-corrected chi connectivity index (χ0v) is 20.9. The SMILES string of the molecule is CCOC(=O)CN1CC(=O)N(C2=C(OCc3ccccc3)c3cc(Cl)ccc3NC2(C)Cl)CC1=O. The van der Waals surface area contributed by atoms with Crippen LogP contribution in [0, 0.1) is 0 Å². The molecule has 184 valence electrons. The van der Waals surface area contributed by atoms with Crippen LogP contribution in [-0.2, 0) is 30.5 Å². The van der Waals surface area contributed by atoms with E-state index < -0.39 is 22.8 Å². The Kier molecular flexibility index (Phi) is 7.23. The van der Waals surface area contributed by atoms with Crippen LogP contribution in [0.2, 0.25) is 5.02 Å². The van der Waals surface area contributed by atoms with E-state index >= 15 is 0 Å². The summed E-state index contributed by atoms with van der Waals surface area (Å²) < 4.78 is 11.2. The Balaban J connectivity index is 1.72. The van der Waals surface area contributed by atoms with Crippen LogP contribution in [0.1, 0.15) is 25.0 Å². The molecule has 1 unspecified atom stereocenters. The molecular weight excluding hydrogens is 493 g/mol. The van der Waals surface area contributed by atoms with Crippen molar-refractivity contribution >= 4 is 52.4 Å². The van der Waals surface area contributed by atoms with Crippen LogP contribution < -0.4 is 5.32 Å². The molecule has 2 aromatic rings. The molecule has 1 N–H and O–H groups in total. The number of halogens is 2. The lowest BCUT2D eigenvalue weighted by atomic mass is 9.98. The molecule has 2 aliphatic rings. The van der Waals surface area contributed by atoms with Crippen molar-refractivity contribution in [2.45, 2.75) is 25.5 Å². The summed E-state index contributed by atoms with van der Waals surface area (Å²) in [5, 5.41) is 3.69. The van der Waals surface area contributed by atoms with E-state index in [1.54, 1.807) is 32.0 Å². The third-order valence-corrected chi connectivity index (χ3v) is 6.16. The summed E-state index contributed by atoms with van der Waals surface area (Å²) in [5.74, 6) is -1.03. The zero-order chi connectivity index (χ0) is 25.2. The lowest BCUT2D eigenvalue weighted by Gasteiger charge is -2.43. The van der Waals surface area contributed by atoms with Gasteiger partial charge in [-0.2, -0.15) is 0 Å². The molecule has 0 radical (unpaired) electrons. The van der Waals surface area contributed by atoms with Crippen LogP contribution in [0.4, 0.5) is 5.69 Å². The first-order valence-corrected chi connectivity index (χ1v) is 11.9. The number of hydrogen-bond acceptors (Lipinski definition) is 6. The van der Waals surface area contributed by atoms with E-state index in [1.165, 1.54) is 9.80 Å². The third kappa shape index (κ3) is 5.39. The Morgan fingerprint density at radius 3 is 2.57 bits per heavy atom. The van der Waals surface area contributed by atoms with Crippen molar-refractivity contribution in [3.05, 3.63) is 70.4 Å². The summed E-state index contributed by atoms with van der Waals surface area (Å²) in [6.07, 6.45) is 0. The average Bonchev–Trinajstić information content (AvgIpc) is 2.80. The van der Waals surface area contributed by atoms with Crippen LogP contribution in [0.3, 0.4) is 0 Å². The molecule has 8 nitrogen and oxygen atoms in total. The molecule has 2 amide bonds. The summed E-state index contributed by atoms with van der Waals surface area (Å²) in [4.78, 5) is 39.3. The maximum Gasteiger partial charge on any atom is 0.325 e. The molecule has 4 rings (SSSR count). The lowest BCUT2D eigenvalue weighted by molar-refractivity contribution is -0.155. The van der Waals surface area contributed by atoms with Gasteiger partial charge in [0.25, 0.3) is 0 Å². The summed E-state index contributed by atoms with van der Waals surface area (Å²) in [7, 11) is 0. The second-order valence-corrected chi connectivity index (χ2v) is 9.50. The minimum absolute atomic E-state index is 0.189. The van der Waals surface area contributed by atoms with Gasteiger partial charge in [0.2, 0.25) is 11.8 Å². The standard InChI is InChI=1S/C25H25Cl2N3O5/c1-3-34-22(33)14-29-12-21(32)30(13-20(29)31)24-23(35-15-16-7-5-4-6-8-16)18-11-17(26)9-10-19(18)28-25(24,2)27/h4-11,28H,3,12-15H2,1-2H3. The molecule has 1 saturated heterocycles. The van der Waals surface area contributed by atoms with Gasteiger partial charge in [-0.15, -0.1) is 0 Å². The van der Waals surface area contributed by atoms with Crippen molar-refractivity contribution in [2.24, 2.45) is 0 Å². The number of ether oxygens (including phenoxy) is 2. The van der Waals surface area contributed by atoms with Gasteiger partial charge in [-0.3, -0.25) is 19.3 Å². The highest BCUT2D eigenvalue weighted by molar-refractivity contribution is 6.31. The van der Waals surface area contributed by atoms with Crippen molar-refractivity contribution in [3.8, 4) is 0 Å². The van der Waals surface area contributed by atoms with E-state index in [4.69, 9.17) is 32.7 Å². The number of carbonyl (C=O) groups excluding carboxylic acids is 3. The fourth-order valence-electron chi connectivity index (χ4n) is 4.09. The number of alkyl halides is 1. The van der Waals surface area contributed by atoms with Gasteiger partial charge < -0.3 is 19.7 Å². The predicted molar refractivity (Wildman–Crippen MR) is 132 cm³/mol. The van der Waals surface area contributed by atoms with Gasteiger partial charge in [0.15, 0.2) is 10.8 Å². The van der Waals surface area contributed by atoms with Crippen LogP contribution >= 0.6 is 23.2 Å². The predicted octanol–water partition coefficient (Wildman–Crippen LogP) is 3.84. The summed E-state index contributed by atoms with van der Waals surface area (Å²) in [6.45, 7) is 2.88. The molecule has 35 heavy (non-hydrogen) atoms. The minimum Gasteiger partial charge on any atom is -0.486 e. The molecule has 0 aliphatic carbocycles. The molecule has 2 aliphatic heterocycles. The second-order valence-electron chi connectivity index (χ2n) is 8.30. The zero-order valence-electron chi connectivity index (χ0n) is 19.3. The Morgan fingerprint density at radius 1 is 1.11 bits per heavy atom. The maximum absolute atomic E-state index is 13.3. The number of nitrogens with zero attached hydrogens (tertiary/aromatic N) is 2. The number of fused-ring (bicyclic) bond motifs is 1. The quantitative estimate of drug-likeness (QED) is 0.341. The van der Waals surface area contributed by atoms with Crippen molar-refractivity contribution in [1.82, 2.24) is 9.80 Å². The number of hydrogen-bond donors (Lipinski definition) is 1. The maximum atomic E-state index is 13.3. The molecule has 1 atom stereocenters. The molecule has 0 saturated carbocycles. The van der Waals surface area contributed by atoms with Gasteiger partial charge in [-0.05, 0) is 37.6 Å². The number of amides is 2. The van der Waals surface area contributed by atoms with E-state index in [1.807, 2.05) is 30.3 Å². The summed E-state index contributed by atoms with van der Waals surface area (Å²) in [5.41, 5.74) is 2.52. The highest BCUT2D eigenvalue weighted by Crippen LogP contribution is 2.44. The number of rotatable bonds is 7.